The van der Waals surface area contributed by atoms with Crippen LogP contribution in [-0.2, 0) is 11.2 Å². The minimum Gasteiger partial charge on any atom is -0.355 e. The average molecular weight is 293 g/mol. The number of rotatable bonds is 5. The molecule has 1 aliphatic heterocycles. The molecule has 21 heavy (non-hydrogen) atoms. The van der Waals surface area contributed by atoms with Crippen LogP contribution in [0.15, 0.2) is 24.3 Å². The Labute approximate surface area is 125 Å². The molecule has 1 aromatic carbocycles. The zero-order chi connectivity index (χ0) is 15.2. The number of carbonyl (C=O) groups is 1. The molecule has 0 spiro atoms. The van der Waals surface area contributed by atoms with Crippen LogP contribution in [0.1, 0.15) is 12.5 Å². The number of carbonyl (C=O) groups excluding carboxylic acids is 1. The number of piperazine rings is 1. The maximum atomic E-state index is 12.8. The van der Waals surface area contributed by atoms with Gasteiger partial charge in [-0.3, -0.25) is 9.69 Å². The molecule has 2 rings (SSSR count). The second-order valence-electron chi connectivity index (χ2n) is 5.81. The summed E-state index contributed by atoms with van der Waals surface area (Å²) in [5, 5.41) is 2.94. The minimum absolute atomic E-state index is 0.0634. The molecule has 0 saturated carbocycles. The van der Waals surface area contributed by atoms with E-state index < -0.39 is 0 Å². The summed E-state index contributed by atoms with van der Waals surface area (Å²) in [6, 6.07) is 6.81. The first-order chi connectivity index (χ1) is 10.0. The van der Waals surface area contributed by atoms with Crippen molar-refractivity contribution in [1.29, 1.82) is 0 Å². The number of nitrogens with zero attached hydrogens (tertiary/aromatic N) is 2. The van der Waals surface area contributed by atoms with Gasteiger partial charge >= 0.3 is 0 Å². The predicted molar refractivity (Wildman–Crippen MR) is 81.6 cm³/mol. The lowest BCUT2D eigenvalue weighted by Crippen LogP contribution is -2.53. The summed E-state index contributed by atoms with van der Waals surface area (Å²) in [5.41, 5.74) is 1.03. The van der Waals surface area contributed by atoms with Crippen LogP contribution in [0.2, 0.25) is 0 Å². The van der Waals surface area contributed by atoms with Crippen LogP contribution in [0.5, 0.6) is 0 Å². The molecule has 1 aliphatic rings. The van der Waals surface area contributed by atoms with Gasteiger partial charge in [-0.2, -0.15) is 0 Å². The average Bonchev–Trinajstić information content (AvgIpc) is 2.44. The van der Waals surface area contributed by atoms with E-state index in [4.69, 9.17) is 0 Å². The van der Waals surface area contributed by atoms with Crippen molar-refractivity contribution in [2.75, 3.05) is 39.8 Å². The summed E-state index contributed by atoms with van der Waals surface area (Å²) < 4.78 is 12.8. The standard InChI is InChI=1S/C16H24FN3O/c1-13-11-19(2)9-10-20(13)12-16(21)18-8-7-14-3-5-15(17)6-4-14/h3-6,13H,7-12H2,1-2H3,(H,18,21)/t13-/m1/s1. The van der Waals surface area contributed by atoms with Crippen molar-refractivity contribution >= 4 is 5.91 Å². The molecule has 1 atom stereocenters. The number of halogens is 1. The van der Waals surface area contributed by atoms with Crippen molar-refractivity contribution in [2.45, 2.75) is 19.4 Å². The normalized spacial score (nSPS) is 20.4. The molecule has 5 heteroatoms. The Morgan fingerprint density at radius 1 is 1.33 bits per heavy atom. The van der Waals surface area contributed by atoms with Gasteiger partial charge in [0.1, 0.15) is 5.82 Å². The molecule has 1 N–H and O–H groups in total. The molecule has 0 bridgehead atoms. The predicted octanol–water partition coefficient (Wildman–Crippen LogP) is 1.12. The van der Waals surface area contributed by atoms with Crippen LogP contribution in [-0.4, -0.2) is 61.5 Å². The van der Waals surface area contributed by atoms with E-state index in [0.717, 1.165) is 31.6 Å². The molecule has 116 valence electrons. The van der Waals surface area contributed by atoms with Crippen LogP contribution < -0.4 is 5.32 Å². The first kappa shape index (κ1) is 15.9. The quantitative estimate of drug-likeness (QED) is 0.884. The van der Waals surface area contributed by atoms with Crippen LogP contribution in [0, 0.1) is 5.82 Å². The second-order valence-corrected chi connectivity index (χ2v) is 5.81. The van der Waals surface area contributed by atoms with Gasteiger partial charge in [0.25, 0.3) is 0 Å². The van der Waals surface area contributed by atoms with Crippen molar-refractivity contribution in [3.63, 3.8) is 0 Å². The van der Waals surface area contributed by atoms with Crippen molar-refractivity contribution < 1.29 is 9.18 Å². The summed E-state index contributed by atoms with van der Waals surface area (Å²) in [5.74, 6) is -0.166. The fraction of sp³-hybridized carbons (Fsp3) is 0.562. The summed E-state index contributed by atoms with van der Waals surface area (Å²) in [6.45, 7) is 6.14. The number of likely N-dealkylation sites (N-methyl/N-ethyl adjacent to an activating group) is 1. The Morgan fingerprint density at radius 2 is 2.05 bits per heavy atom. The summed E-state index contributed by atoms with van der Waals surface area (Å²) >= 11 is 0. The number of amides is 1. The molecule has 1 amide bonds. The van der Waals surface area contributed by atoms with E-state index in [9.17, 15) is 9.18 Å². The van der Waals surface area contributed by atoms with Gasteiger partial charge in [-0.05, 0) is 38.1 Å². The Morgan fingerprint density at radius 3 is 2.71 bits per heavy atom. The fourth-order valence-corrected chi connectivity index (χ4v) is 2.65. The highest BCUT2D eigenvalue weighted by Crippen LogP contribution is 2.07. The van der Waals surface area contributed by atoms with Gasteiger partial charge in [0.2, 0.25) is 5.91 Å². The molecule has 0 aliphatic carbocycles. The molecule has 1 heterocycles. The zero-order valence-corrected chi connectivity index (χ0v) is 12.8. The zero-order valence-electron chi connectivity index (χ0n) is 12.8. The van der Waals surface area contributed by atoms with Crippen molar-refractivity contribution in [1.82, 2.24) is 15.1 Å². The maximum absolute atomic E-state index is 12.8. The highest BCUT2D eigenvalue weighted by atomic mass is 19.1. The van der Waals surface area contributed by atoms with E-state index in [1.54, 1.807) is 12.1 Å². The highest BCUT2D eigenvalue weighted by Gasteiger charge is 2.22. The van der Waals surface area contributed by atoms with E-state index in [1.165, 1.54) is 12.1 Å². The second kappa shape index (κ2) is 7.52. The van der Waals surface area contributed by atoms with Crippen molar-refractivity contribution in [3.8, 4) is 0 Å². The van der Waals surface area contributed by atoms with E-state index in [0.29, 0.717) is 19.1 Å². The maximum Gasteiger partial charge on any atom is 0.234 e. The molecule has 0 radical (unpaired) electrons. The van der Waals surface area contributed by atoms with E-state index in [-0.39, 0.29) is 11.7 Å². The van der Waals surface area contributed by atoms with Crippen LogP contribution in [0.25, 0.3) is 0 Å². The van der Waals surface area contributed by atoms with Gasteiger partial charge < -0.3 is 10.2 Å². The number of benzene rings is 1. The molecule has 0 unspecified atom stereocenters. The van der Waals surface area contributed by atoms with E-state index in [2.05, 4.69) is 29.1 Å². The third-order valence-corrected chi connectivity index (χ3v) is 3.96. The lowest BCUT2D eigenvalue weighted by atomic mass is 10.1. The van der Waals surface area contributed by atoms with Gasteiger partial charge in [0, 0.05) is 32.2 Å². The number of hydrogen-bond acceptors (Lipinski definition) is 3. The van der Waals surface area contributed by atoms with Crippen LogP contribution >= 0.6 is 0 Å². The Hall–Kier alpha value is -1.46. The van der Waals surface area contributed by atoms with Crippen molar-refractivity contribution in [3.05, 3.63) is 35.6 Å². The molecule has 1 fully saturated rings. The van der Waals surface area contributed by atoms with Crippen LogP contribution in [0.3, 0.4) is 0 Å². The summed E-state index contributed by atoms with van der Waals surface area (Å²) in [4.78, 5) is 16.5. The third-order valence-electron chi connectivity index (χ3n) is 3.96. The number of hydrogen-bond donors (Lipinski definition) is 1. The Balaban J connectivity index is 1.69. The molecule has 1 saturated heterocycles. The van der Waals surface area contributed by atoms with E-state index >= 15 is 0 Å². The van der Waals surface area contributed by atoms with Gasteiger partial charge in [-0.1, -0.05) is 12.1 Å². The SMILES string of the molecule is C[C@@H]1CN(C)CCN1CC(=O)NCCc1ccc(F)cc1. The molecular weight excluding hydrogens is 269 g/mol. The monoisotopic (exact) mass is 293 g/mol. The highest BCUT2D eigenvalue weighted by molar-refractivity contribution is 5.78. The number of nitrogens with one attached hydrogen (secondary N) is 1. The Kier molecular flexibility index (Phi) is 5.70. The van der Waals surface area contributed by atoms with E-state index in [1.807, 2.05) is 0 Å². The fourth-order valence-electron chi connectivity index (χ4n) is 2.65. The first-order valence-corrected chi connectivity index (χ1v) is 7.48. The lowest BCUT2D eigenvalue weighted by molar-refractivity contribution is -0.123. The van der Waals surface area contributed by atoms with Crippen LogP contribution in [0.4, 0.5) is 4.39 Å². The molecular formula is C16H24FN3O. The molecule has 4 nitrogen and oxygen atoms in total. The molecule has 0 aromatic heterocycles. The topological polar surface area (TPSA) is 35.6 Å². The van der Waals surface area contributed by atoms with Gasteiger partial charge in [0.15, 0.2) is 0 Å². The lowest BCUT2D eigenvalue weighted by Gasteiger charge is -2.37. The first-order valence-electron chi connectivity index (χ1n) is 7.48. The van der Waals surface area contributed by atoms with Crippen molar-refractivity contribution in [2.24, 2.45) is 0 Å². The van der Waals surface area contributed by atoms with Gasteiger partial charge in [0.05, 0.1) is 6.54 Å². The minimum atomic E-state index is -0.230. The largest absolute Gasteiger partial charge is 0.355 e. The Bertz CT molecular complexity index is 463. The third kappa shape index (κ3) is 5.10. The van der Waals surface area contributed by atoms with Gasteiger partial charge in [-0.25, -0.2) is 4.39 Å². The van der Waals surface area contributed by atoms with Gasteiger partial charge in [-0.15, -0.1) is 0 Å². The smallest absolute Gasteiger partial charge is 0.234 e. The summed E-state index contributed by atoms with van der Waals surface area (Å²) in [7, 11) is 2.11. The summed E-state index contributed by atoms with van der Waals surface area (Å²) in [6.07, 6.45) is 0.726. The molecule has 1 aromatic rings.